The Kier molecular flexibility index (Phi) is 7.48. The predicted octanol–water partition coefficient (Wildman–Crippen LogP) is 1.61. The number of carbonyl (C=O) groups is 2. The topological polar surface area (TPSA) is 91.3 Å². The molecule has 0 spiro atoms. The van der Waals surface area contributed by atoms with Gasteiger partial charge in [-0.05, 0) is 32.9 Å². The van der Waals surface area contributed by atoms with Crippen molar-refractivity contribution in [2.45, 2.75) is 39.7 Å². The van der Waals surface area contributed by atoms with E-state index in [4.69, 9.17) is 10.1 Å². The average molecular weight is 269 g/mol. The molecule has 0 radical (unpaired) electrons. The summed E-state index contributed by atoms with van der Waals surface area (Å²) in [6, 6.07) is 0. The molecule has 3 N–H and O–H groups in total. The molecule has 0 aliphatic carbocycles. The van der Waals surface area contributed by atoms with E-state index in [0.717, 1.165) is 0 Å². The zero-order valence-corrected chi connectivity index (χ0v) is 12.0. The summed E-state index contributed by atoms with van der Waals surface area (Å²) in [6.45, 7) is 7.85. The molecule has 1 amide bonds. The molecule has 0 aromatic carbocycles. The number of ketones is 1. The van der Waals surface area contributed by atoms with E-state index in [1.165, 1.54) is 12.2 Å². The average Bonchev–Trinajstić information content (AvgIpc) is 2.29. The van der Waals surface area contributed by atoms with Gasteiger partial charge in [-0.25, -0.2) is 4.79 Å². The first-order chi connectivity index (χ1) is 8.74. The molecule has 0 heterocycles. The summed E-state index contributed by atoms with van der Waals surface area (Å²) in [5.41, 5.74) is -0.520. The fourth-order valence-electron chi connectivity index (χ4n) is 1.03. The van der Waals surface area contributed by atoms with Crippen molar-refractivity contribution in [3.63, 3.8) is 0 Å². The van der Waals surface area contributed by atoms with Gasteiger partial charge in [0, 0.05) is 19.5 Å². The van der Waals surface area contributed by atoms with E-state index in [1.54, 1.807) is 27.7 Å². The van der Waals surface area contributed by atoms with Crippen LogP contribution in [0.4, 0.5) is 4.79 Å². The Morgan fingerprint density at radius 3 is 2.26 bits per heavy atom. The number of amidine groups is 1. The quantitative estimate of drug-likeness (QED) is 0.296. The number of ether oxygens (including phenoxy) is 1. The highest BCUT2D eigenvalue weighted by atomic mass is 16.6. The van der Waals surface area contributed by atoms with Crippen molar-refractivity contribution < 1.29 is 14.3 Å². The number of hydrogen-bond donors (Lipinski definition) is 3. The van der Waals surface area contributed by atoms with Crippen LogP contribution in [0.25, 0.3) is 0 Å². The van der Waals surface area contributed by atoms with Crippen molar-refractivity contribution in [2.75, 3.05) is 13.1 Å². The molecule has 0 aliphatic heterocycles. The summed E-state index contributed by atoms with van der Waals surface area (Å²) < 4.78 is 5.05. The van der Waals surface area contributed by atoms with E-state index in [1.807, 2.05) is 0 Å². The third kappa shape index (κ3) is 11.0. The summed E-state index contributed by atoms with van der Waals surface area (Å²) in [6.07, 6.45) is 2.69. The maximum absolute atomic E-state index is 11.3. The molecular weight excluding hydrogens is 246 g/mol. The molecule has 0 rings (SSSR count). The zero-order valence-electron chi connectivity index (χ0n) is 12.0. The standard InChI is InChI=1S/C13H23N3O3/c1-5-10(17)6-7-11(14)15-8-9-16-12(18)19-13(2,3)4/h6-7H,5,8-9H2,1-4H3,(H2,14,15)(H,16,18)/b7-6-. The SMILES string of the molecule is CCC(=O)/C=C\C(=N)NCCNC(=O)OC(C)(C)C. The van der Waals surface area contributed by atoms with Gasteiger partial charge in [-0.2, -0.15) is 0 Å². The maximum atomic E-state index is 11.3. The highest BCUT2D eigenvalue weighted by Gasteiger charge is 2.15. The largest absolute Gasteiger partial charge is 0.444 e. The predicted molar refractivity (Wildman–Crippen MR) is 74.4 cm³/mol. The van der Waals surface area contributed by atoms with E-state index in [-0.39, 0.29) is 11.6 Å². The Bertz CT molecular complexity index is 357. The lowest BCUT2D eigenvalue weighted by molar-refractivity contribution is -0.114. The summed E-state index contributed by atoms with van der Waals surface area (Å²) in [7, 11) is 0. The van der Waals surface area contributed by atoms with E-state index in [0.29, 0.717) is 19.5 Å². The number of hydrogen-bond acceptors (Lipinski definition) is 4. The molecule has 0 aromatic rings. The molecule has 0 saturated carbocycles. The van der Waals surface area contributed by atoms with Gasteiger partial charge in [0.25, 0.3) is 0 Å². The molecule has 0 fully saturated rings. The number of rotatable bonds is 6. The Balaban J connectivity index is 3.75. The van der Waals surface area contributed by atoms with Gasteiger partial charge in [0.1, 0.15) is 11.4 Å². The van der Waals surface area contributed by atoms with E-state index in [9.17, 15) is 9.59 Å². The molecule has 0 atom stereocenters. The molecular formula is C13H23N3O3. The molecule has 108 valence electrons. The molecule has 0 aromatic heterocycles. The monoisotopic (exact) mass is 269 g/mol. The van der Waals surface area contributed by atoms with Crippen molar-refractivity contribution in [2.24, 2.45) is 0 Å². The third-order valence-electron chi connectivity index (χ3n) is 1.89. The van der Waals surface area contributed by atoms with Gasteiger partial charge in [-0.15, -0.1) is 0 Å². The number of allylic oxidation sites excluding steroid dienone is 1. The lowest BCUT2D eigenvalue weighted by Crippen LogP contribution is -2.37. The zero-order chi connectivity index (χ0) is 14.9. The second-order valence-electron chi connectivity index (χ2n) is 4.92. The minimum Gasteiger partial charge on any atom is -0.444 e. The number of carbonyl (C=O) groups excluding carboxylic acids is 2. The second kappa shape index (κ2) is 8.29. The summed E-state index contributed by atoms with van der Waals surface area (Å²) >= 11 is 0. The Morgan fingerprint density at radius 2 is 1.74 bits per heavy atom. The molecule has 6 heteroatoms. The summed E-state index contributed by atoms with van der Waals surface area (Å²) in [4.78, 5) is 22.3. The lowest BCUT2D eigenvalue weighted by Gasteiger charge is -2.19. The van der Waals surface area contributed by atoms with Crippen LogP contribution in [-0.4, -0.2) is 36.4 Å². The van der Waals surface area contributed by atoms with Crippen LogP contribution in [0.1, 0.15) is 34.1 Å². The molecule has 6 nitrogen and oxygen atoms in total. The van der Waals surface area contributed by atoms with Crippen LogP contribution in [0.3, 0.4) is 0 Å². The van der Waals surface area contributed by atoms with E-state index < -0.39 is 11.7 Å². The minimum atomic E-state index is -0.520. The van der Waals surface area contributed by atoms with Gasteiger partial charge in [-0.3, -0.25) is 10.2 Å². The van der Waals surface area contributed by atoms with Gasteiger partial charge in [0.2, 0.25) is 0 Å². The first-order valence-corrected chi connectivity index (χ1v) is 6.24. The maximum Gasteiger partial charge on any atom is 0.407 e. The van der Waals surface area contributed by atoms with Crippen molar-refractivity contribution in [1.29, 1.82) is 5.41 Å². The van der Waals surface area contributed by atoms with E-state index in [2.05, 4.69) is 10.6 Å². The van der Waals surface area contributed by atoms with Gasteiger partial charge in [-0.1, -0.05) is 6.92 Å². The van der Waals surface area contributed by atoms with Crippen LogP contribution in [0.2, 0.25) is 0 Å². The van der Waals surface area contributed by atoms with Crippen LogP contribution in [0.15, 0.2) is 12.2 Å². The lowest BCUT2D eigenvalue weighted by atomic mass is 10.2. The Hall–Kier alpha value is -1.85. The fourth-order valence-corrected chi connectivity index (χ4v) is 1.03. The first-order valence-electron chi connectivity index (χ1n) is 6.24. The van der Waals surface area contributed by atoms with Crippen LogP contribution >= 0.6 is 0 Å². The van der Waals surface area contributed by atoms with Crippen molar-refractivity contribution in [3.05, 3.63) is 12.2 Å². The smallest absolute Gasteiger partial charge is 0.407 e. The Labute approximate surface area is 114 Å². The summed E-state index contributed by atoms with van der Waals surface area (Å²) in [5, 5.41) is 12.8. The van der Waals surface area contributed by atoms with Crippen LogP contribution < -0.4 is 10.6 Å². The number of nitrogens with one attached hydrogen (secondary N) is 3. The molecule has 0 saturated heterocycles. The molecule has 0 unspecified atom stereocenters. The van der Waals surface area contributed by atoms with Crippen LogP contribution in [0.5, 0.6) is 0 Å². The highest BCUT2D eigenvalue weighted by Crippen LogP contribution is 2.05. The summed E-state index contributed by atoms with van der Waals surface area (Å²) in [5.74, 6) is 0.103. The van der Waals surface area contributed by atoms with Crippen LogP contribution in [-0.2, 0) is 9.53 Å². The van der Waals surface area contributed by atoms with Crippen molar-refractivity contribution >= 4 is 17.7 Å². The second-order valence-corrected chi connectivity index (χ2v) is 4.92. The fraction of sp³-hybridized carbons (Fsp3) is 0.615. The third-order valence-corrected chi connectivity index (χ3v) is 1.89. The first kappa shape index (κ1) is 17.2. The van der Waals surface area contributed by atoms with Crippen LogP contribution in [0, 0.1) is 5.41 Å². The molecule has 0 aliphatic rings. The molecule has 0 bridgehead atoms. The van der Waals surface area contributed by atoms with E-state index >= 15 is 0 Å². The van der Waals surface area contributed by atoms with Gasteiger partial charge in [0.15, 0.2) is 5.78 Å². The normalized spacial score (nSPS) is 11.2. The highest BCUT2D eigenvalue weighted by molar-refractivity contribution is 5.98. The van der Waals surface area contributed by atoms with Crippen molar-refractivity contribution in [3.8, 4) is 0 Å². The number of alkyl carbamates (subject to hydrolysis) is 1. The Morgan fingerprint density at radius 1 is 1.16 bits per heavy atom. The van der Waals surface area contributed by atoms with Gasteiger partial charge < -0.3 is 15.4 Å². The van der Waals surface area contributed by atoms with Gasteiger partial charge in [0.05, 0.1) is 0 Å². The molecule has 19 heavy (non-hydrogen) atoms. The number of amides is 1. The minimum absolute atomic E-state index is 0.0292. The van der Waals surface area contributed by atoms with Crippen molar-refractivity contribution in [1.82, 2.24) is 10.6 Å². The van der Waals surface area contributed by atoms with Gasteiger partial charge >= 0.3 is 6.09 Å².